The van der Waals surface area contributed by atoms with Crippen molar-refractivity contribution in [2.24, 2.45) is 0 Å². The molecule has 0 aliphatic rings. The molecule has 2 N–H and O–H groups in total. The van der Waals surface area contributed by atoms with Crippen LogP contribution in [0.2, 0.25) is 0 Å². The third-order valence-electron chi connectivity index (χ3n) is 3.13. The van der Waals surface area contributed by atoms with Gasteiger partial charge in [0.2, 0.25) is 0 Å². The molecule has 4 nitrogen and oxygen atoms in total. The summed E-state index contributed by atoms with van der Waals surface area (Å²) in [6.45, 7) is 3.88. The van der Waals surface area contributed by atoms with Crippen LogP contribution in [0.1, 0.15) is 15.9 Å². The van der Waals surface area contributed by atoms with Crippen molar-refractivity contribution in [3.05, 3.63) is 88.5 Å². The molecule has 2 aromatic rings. The highest BCUT2D eigenvalue weighted by atomic mass is 79.9. The van der Waals surface area contributed by atoms with Gasteiger partial charge in [-0.2, -0.15) is 0 Å². The third-order valence-corrected chi connectivity index (χ3v) is 3.82. The van der Waals surface area contributed by atoms with Crippen LogP contribution < -0.4 is 10.6 Å². The smallest absolute Gasteiger partial charge is 0.268 e. The summed E-state index contributed by atoms with van der Waals surface area (Å²) < 4.78 is 0.660. The van der Waals surface area contributed by atoms with E-state index in [1.807, 2.05) is 36.4 Å². The molecule has 0 aliphatic carbocycles. The Balaban J connectivity index is 2.27. The van der Waals surface area contributed by atoms with Crippen LogP contribution in [0.5, 0.6) is 0 Å². The molecule has 0 atom stereocenters. The van der Waals surface area contributed by atoms with Gasteiger partial charge < -0.3 is 10.6 Å². The molecule has 2 rings (SSSR count). The Morgan fingerprint density at radius 1 is 1.04 bits per heavy atom. The molecule has 0 spiro atoms. The first-order valence-corrected chi connectivity index (χ1v) is 8.13. The summed E-state index contributed by atoms with van der Waals surface area (Å²) in [5.41, 5.74) is 1.44. The van der Waals surface area contributed by atoms with Crippen molar-refractivity contribution >= 4 is 33.8 Å². The highest BCUT2D eigenvalue weighted by molar-refractivity contribution is 9.10. The highest BCUT2D eigenvalue weighted by Crippen LogP contribution is 2.16. The van der Waals surface area contributed by atoms with Crippen molar-refractivity contribution in [3.8, 4) is 0 Å². The minimum Gasteiger partial charge on any atom is -0.347 e. The second-order valence-electron chi connectivity index (χ2n) is 4.90. The summed E-state index contributed by atoms with van der Waals surface area (Å²) in [6, 6.07) is 16.3. The van der Waals surface area contributed by atoms with Gasteiger partial charge >= 0.3 is 0 Å². The van der Waals surface area contributed by atoms with Gasteiger partial charge in [-0.05, 0) is 39.7 Å². The molecule has 0 saturated heterocycles. The first-order valence-electron chi connectivity index (χ1n) is 7.33. The first-order chi connectivity index (χ1) is 11.6. The predicted molar refractivity (Wildman–Crippen MR) is 99.2 cm³/mol. The lowest BCUT2D eigenvalue weighted by Gasteiger charge is -2.11. The Bertz CT molecular complexity index is 770. The van der Waals surface area contributed by atoms with E-state index >= 15 is 0 Å². The molecule has 0 heterocycles. The number of carbonyl (C=O) groups excluding carboxylic acids is 2. The number of carbonyl (C=O) groups is 2. The van der Waals surface area contributed by atoms with Crippen LogP contribution >= 0.6 is 15.9 Å². The van der Waals surface area contributed by atoms with E-state index in [9.17, 15) is 9.59 Å². The summed E-state index contributed by atoms with van der Waals surface area (Å²) in [5.74, 6) is -0.738. The SMILES string of the molecule is C=CCNC(=O)/C(=C/c1ccccc1)NC(=O)c1ccccc1Br. The van der Waals surface area contributed by atoms with Crippen molar-refractivity contribution in [1.82, 2.24) is 10.6 Å². The van der Waals surface area contributed by atoms with Crippen LogP contribution in [0, 0.1) is 0 Å². The molecule has 0 fully saturated rings. The Morgan fingerprint density at radius 3 is 2.38 bits per heavy atom. The summed E-state index contributed by atoms with van der Waals surface area (Å²) in [4.78, 5) is 24.8. The van der Waals surface area contributed by atoms with E-state index in [0.29, 0.717) is 16.6 Å². The average molecular weight is 385 g/mol. The number of rotatable bonds is 6. The van der Waals surface area contributed by atoms with E-state index in [1.54, 1.807) is 30.4 Å². The van der Waals surface area contributed by atoms with Gasteiger partial charge in [0.25, 0.3) is 11.8 Å². The fourth-order valence-corrected chi connectivity index (χ4v) is 2.43. The van der Waals surface area contributed by atoms with E-state index in [1.165, 1.54) is 0 Å². The van der Waals surface area contributed by atoms with Crippen molar-refractivity contribution < 1.29 is 9.59 Å². The van der Waals surface area contributed by atoms with Gasteiger partial charge in [0.1, 0.15) is 5.70 Å². The molecule has 2 amide bonds. The Hall–Kier alpha value is -2.66. The lowest BCUT2D eigenvalue weighted by Crippen LogP contribution is -2.35. The molecule has 0 bridgehead atoms. The van der Waals surface area contributed by atoms with E-state index in [2.05, 4.69) is 33.1 Å². The van der Waals surface area contributed by atoms with Gasteiger partial charge in [-0.15, -0.1) is 6.58 Å². The number of hydrogen-bond donors (Lipinski definition) is 2. The van der Waals surface area contributed by atoms with Gasteiger partial charge in [-0.1, -0.05) is 48.5 Å². The van der Waals surface area contributed by atoms with Crippen LogP contribution in [0.3, 0.4) is 0 Å². The van der Waals surface area contributed by atoms with Crippen LogP contribution in [-0.2, 0) is 4.79 Å². The summed E-state index contributed by atoms with van der Waals surface area (Å²) in [6.07, 6.45) is 3.21. The van der Waals surface area contributed by atoms with Crippen LogP contribution in [0.4, 0.5) is 0 Å². The molecule has 24 heavy (non-hydrogen) atoms. The van der Waals surface area contributed by atoms with E-state index in [-0.39, 0.29) is 17.5 Å². The molecule has 0 aliphatic heterocycles. The highest BCUT2D eigenvalue weighted by Gasteiger charge is 2.15. The normalized spacial score (nSPS) is 10.8. The molecule has 2 aromatic carbocycles. The topological polar surface area (TPSA) is 58.2 Å². The van der Waals surface area contributed by atoms with Crippen LogP contribution in [-0.4, -0.2) is 18.4 Å². The van der Waals surface area contributed by atoms with E-state index < -0.39 is 0 Å². The Kier molecular flexibility index (Phi) is 6.51. The van der Waals surface area contributed by atoms with Crippen molar-refractivity contribution in [2.75, 3.05) is 6.54 Å². The molecule has 0 radical (unpaired) electrons. The Labute approximate surface area is 149 Å². The lowest BCUT2D eigenvalue weighted by molar-refractivity contribution is -0.117. The van der Waals surface area contributed by atoms with Crippen molar-refractivity contribution in [3.63, 3.8) is 0 Å². The monoisotopic (exact) mass is 384 g/mol. The number of benzene rings is 2. The predicted octanol–water partition coefficient (Wildman–Crippen LogP) is 3.52. The standard InChI is InChI=1S/C19H17BrN2O2/c1-2-12-21-19(24)17(13-14-8-4-3-5-9-14)22-18(23)15-10-6-7-11-16(15)20/h2-11,13H,1,12H2,(H,21,24)(H,22,23)/b17-13-. The quantitative estimate of drug-likeness (QED) is 0.591. The molecular weight excluding hydrogens is 368 g/mol. The first kappa shape index (κ1) is 17.7. The summed E-state index contributed by atoms with van der Waals surface area (Å²) in [5, 5.41) is 5.35. The molecule has 122 valence electrons. The maximum atomic E-state index is 12.5. The summed E-state index contributed by atoms with van der Waals surface area (Å²) in [7, 11) is 0. The number of amides is 2. The fraction of sp³-hybridized carbons (Fsp3) is 0.0526. The maximum Gasteiger partial charge on any atom is 0.268 e. The van der Waals surface area contributed by atoms with Gasteiger partial charge in [0.15, 0.2) is 0 Å². The van der Waals surface area contributed by atoms with E-state index in [4.69, 9.17) is 0 Å². The second-order valence-corrected chi connectivity index (χ2v) is 5.76. The van der Waals surface area contributed by atoms with Gasteiger partial charge in [0, 0.05) is 11.0 Å². The maximum absolute atomic E-state index is 12.5. The molecule has 0 saturated carbocycles. The lowest BCUT2D eigenvalue weighted by atomic mass is 10.1. The van der Waals surface area contributed by atoms with Gasteiger partial charge in [0.05, 0.1) is 5.56 Å². The fourth-order valence-electron chi connectivity index (χ4n) is 1.97. The van der Waals surface area contributed by atoms with Crippen LogP contribution in [0.25, 0.3) is 6.08 Å². The van der Waals surface area contributed by atoms with Gasteiger partial charge in [-0.25, -0.2) is 0 Å². The number of hydrogen-bond acceptors (Lipinski definition) is 2. The molecule has 0 unspecified atom stereocenters. The zero-order valence-electron chi connectivity index (χ0n) is 13.0. The van der Waals surface area contributed by atoms with Gasteiger partial charge in [-0.3, -0.25) is 9.59 Å². The zero-order valence-corrected chi connectivity index (χ0v) is 14.5. The number of halogens is 1. The minimum atomic E-state index is -0.376. The summed E-state index contributed by atoms with van der Waals surface area (Å²) >= 11 is 3.34. The average Bonchev–Trinajstić information content (AvgIpc) is 2.60. The van der Waals surface area contributed by atoms with E-state index in [0.717, 1.165) is 5.56 Å². The van der Waals surface area contributed by atoms with Crippen molar-refractivity contribution in [2.45, 2.75) is 0 Å². The second kappa shape index (κ2) is 8.84. The van der Waals surface area contributed by atoms with Crippen LogP contribution in [0.15, 0.2) is 77.4 Å². The Morgan fingerprint density at radius 2 is 1.71 bits per heavy atom. The van der Waals surface area contributed by atoms with Crippen molar-refractivity contribution in [1.29, 1.82) is 0 Å². The zero-order chi connectivity index (χ0) is 17.4. The number of nitrogens with one attached hydrogen (secondary N) is 2. The largest absolute Gasteiger partial charge is 0.347 e. The molecular formula is C19H17BrN2O2. The molecule has 5 heteroatoms. The molecule has 0 aromatic heterocycles. The third kappa shape index (κ3) is 4.93. The minimum absolute atomic E-state index is 0.170.